The van der Waals surface area contributed by atoms with E-state index in [0.29, 0.717) is 0 Å². The molecule has 0 spiro atoms. The van der Waals surface area contributed by atoms with Gasteiger partial charge in [0.2, 0.25) is 0 Å². The van der Waals surface area contributed by atoms with Crippen LogP contribution in [0.25, 0.3) is 131 Å². The Hall–Kier alpha value is -10.0. The smallest absolute Gasteiger partial charge is 0.160 e. The van der Waals surface area contributed by atoms with Crippen LogP contribution >= 0.6 is 0 Å². The summed E-state index contributed by atoms with van der Waals surface area (Å²) in [5, 5.41) is 14.4. The largest absolute Gasteiger partial charge is 0.453 e. The predicted molar refractivity (Wildman–Crippen MR) is 323 cm³/mol. The van der Waals surface area contributed by atoms with Gasteiger partial charge in [-0.3, -0.25) is 0 Å². The van der Waals surface area contributed by atoms with Crippen molar-refractivity contribution in [2.24, 2.45) is 0 Å². The minimum Gasteiger partial charge on any atom is -0.453 e. The fourth-order valence-electron chi connectivity index (χ4n) is 11.9. The van der Waals surface area contributed by atoms with Gasteiger partial charge in [-0.1, -0.05) is 237 Å². The topological polar surface area (TPSA) is 16.4 Å². The van der Waals surface area contributed by atoms with Crippen LogP contribution in [0.5, 0.6) is 0 Å². The van der Waals surface area contributed by atoms with Gasteiger partial charge < -0.3 is 9.32 Å². The molecule has 1 aromatic heterocycles. The summed E-state index contributed by atoms with van der Waals surface area (Å²) in [7, 11) is 0. The van der Waals surface area contributed by atoms with Crippen molar-refractivity contribution >= 4 is 92.9 Å². The van der Waals surface area contributed by atoms with Crippen LogP contribution < -0.4 is 4.90 Å². The minimum absolute atomic E-state index is 0.845. The van der Waals surface area contributed by atoms with Gasteiger partial charge in [-0.05, 0) is 152 Å². The van der Waals surface area contributed by atoms with Crippen LogP contribution in [-0.4, -0.2) is 0 Å². The van der Waals surface area contributed by atoms with Gasteiger partial charge in [-0.25, -0.2) is 0 Å². The molecule has 2 nitrogen and oxygen atoms in total. The van der Waals surface area contributed by atoms with E-state index < -0.39 is 0 Å². The summed E-state index contributed by atoms with van der Waals surface area (Å²) in [4.78, 5) is 2.38. The molecule has 0 saturated carbocycles. The van der Waals surface area contributed by atoms with Crippen molar-refractivity contribution in [2.75, 3.05) is 4.90 Å². The first kappa shape index (κ1) is 43.6. The van der Waals surface area contributed by atoms with Crippen LogP contribution in [0.4, 0.5) is 17.1 Å². The Morgan fingerprint density at radius 3 is 1.36 bits per heavy atom. The van der Waals surface area contributed by atoms with Gasteiger partial charge in [0.05, 0.1) is 5.69 Å². The number of anilines is 3. The molecule has 0 saturated heterocycles. The maximum absolute atomic E-state index is 7.26. The number of nitrogens with zero attached hydrogens (tertiary/aromatic N) is 1. The Balaban J connectivity index is 0.862. The molecular formula is C74H47NO. The van der Waals surface area contributed by atoms with Gasteiger partial charge in [0.1, 0.15) is 5.58 Å². The number of para-hydroxylation sites is 1. The Bertz CT molecular complexity index is 4740. The molecule has 2 heteroatoms. The average molecular weight is 966 g/mol. The molecule has 1 heterocycles. The molecule has 0 fully saturated rings. The van der Waals surface area contributed by atoms with Gasteiger partial charge in [0.25, 0.3) is 0 Å². The monoisotopic (exact) mass is 965 g/mol. The number of fused-ring (bicyclic) bond motifs is 9. The van der Waals surface area contributed by atoms with Crippen LogP contribution in [0, 0.1) is 0 Å². The molecule has 0 amide bonds. The van der Waals surface area contributed by atoms with E-state index in [2.05, 4.69) is 290 Å². The number of furan rings is 1. The highest BCUT2D eigenvalue weighted by molar-refractivity contribution is 6.24. The molecule has 0 N–H and O–H groups in total. The second-order valence-corrected chi connectivity index (χ2v) is 20.0. The average Bonchev–Trinajstić information content (AvgIpc) is 3.94. The molecule has 0 aliphatic heterocycles. The molecular weight excluding hydrogens is 919 g/mol. The summed E-state index contributed by atoms with van der Waals surface area (Å²) < 4.78 is 7.26. The Labute approximate surface area is 440 Å². The van der Waals surface area contributed by atoms with Crippen molar-refractivity contribution in [3.8, 4) is 55.6 Å². The van der Waals surface area contributed by atoms with E-state index in [1.54, 1.807) is 0 Å². The van der Waals surface area contributed by atoms with Gasteiger partial charge in [-0.2, -0.15) is 0 Å². The standard InChI is InChI=1S/C74H47NO/c1-2-15-51(16-3-1)65-24-12-29-70-72-64-22-9-7-19-59(64)47-71(74(72)76-73(65)70)75(60-40-36-49(37-41-60)54-32-33-57-46-58(35-34-56(57)45-54)55-31-30-48-14-4-5-18-53(48)44-55)61-42-38-52(39-43-61)63-23-11-27-68-67(63)26-13-28-69(68)66-25-10-20-50-17-6-8-21-62(50)66/h1-47H. The van der Waals surface area contributed by atoms with Gasteiger partial charge in [0, 0.05) is 27.7 Å². The van der Waals surface area contributed by atoms with Crippen molar-refractivity contribution in [3.05, 3.63) is 285 Å². The van der Waals surface area contributed by atoms with Crippen LogP contribution in [0.1, 0.15) is 0 Å². The first-order valence-corrected chi connectivity index (χ1v) is 26.1. The molecule has 0 aliphatic rings. The SMILES string of the molecule is c1ccc(-c2cccc3c2oc2c(N(c4ccc(-c5ccc6cc(-c7ccc8ccccc8c7)ccc6c5)cc4)c4ccc(-c5cccc6c(-c7cccc8ccccc78)cccc56)cc4)cc4ccccc4c23)cc1. The summed E-state index contributed by atoms with van der Waals surface area (Å²) in [6.45, 7) is 0. The lowest BCUT2D eigenvalue weighted by Crippen LogP contribution is -2.10. The summed E-state index contributed by atoms with van der Waals surface area (Å²) in [6, 6.07) is 104. The molecule has 0 bridgehead atoms. The van der Waals surface area contributed by atoms with Gasteiger partial charge >= 0.3 is 0 Å². The van der Waals surface area contributed by atoms with Gasteiger partial charge in [0.15, 0.2) is 5.58 Å². The van der Waals surface area contributed by atoms with E-state index in [1.165, 1.54) is 76.5 Å². The van der Waals surface area contributed by atoms with E-state index in [-0.39, 0.29) is 0 Å². The highest BCUT2D eigenvalue weighted by Crippen LogP contribution is 2.48. The second kappa shape index (κ2) is 17.9. The molecule has 14 aromatic carbocycles. The highest BCUT2D eigenvalue weighted by Gasteiger charge is 2.24. The van der Waals surface area contributed by atoms with Crippen molar-refractivity contribution in [2.45, 2.75) is 0 Å². The van der Waals surface area contributed by atoms with E-state index in [0.717, 1.165) is 72.0 Å². The van der Waals surface area contributed by atoms with Crippen molar-refractivity contribution in [1.82, 2.24) is 0 Å². The maximum Gasteiger partial charge on any atom is 0.160 e. The zero-order valence-electron chi connectivity index (χ0n) is 41.5. The zero-order valence-corrected chi connectivity index (χ0v) is 41.5. The highest BCUT2D eigenvalue weighted by atomic mass is 16.3. The lowest BCUT2D eigenvalue weighted by molar-refractivity contribution is 0.670. The van der Waals surface area contributed by atoms with Crippen LogP contribution in [0.15, 0.2) is 290 Å². The number of hydrogen-bond donors (Lipinski definition) is 0. The van der Waals surface area contributed by atoms with Crippen molar-refractivity contribution in [3.63, 3.8) is 0 Å². The number of rotatable bonds is 8. The molecule has 0 aliphatic carbocycles. The third-order valence-electron chi connectivity index (χ3n) is 15.6. The quantitative estimate of drug-likeness (QED) is 0.151. The first-order chi connectivity index (χ1) is 37.7. The molecule has 15 aromatic rings. The molecule has 0 atom stereocenters. The first-order valence-electron chi connectivity index (χ1n) is 26.1. The summed E-state index contributed by atoms with van der Waals surface area (Å²) >= 11 is 0. The second-order valence-electron chi connectivity index (χ2n) is 20.0. The van der Waals surface area contributed by atoms with E-state index in [1.807, 2.05) is 0 Å². The Morgan fingerprint density at radius 2 is 0.658 bits per heavy atom. The Morgan fingerprint density at radius 1 is 0.224 bits per heavy atom. The molecule has 76 heavy (non-hydrogen) atoms. The lowest BCUT2D eigenvalue weighted by Gasteiger charge is -2.26. The maximum atomic E-state index is 7.26. The lowest BCUT2D eigenvalue weighted by atomic mass is 9.91. The normalized spacial score (nSPS) is 11.7. The van der Waals surface area contributed by atoms with Crippen molar-refractivity contribution in [1.29, 1.82) is 0 Å². The third-order valence-corrected chi connectivity index (χ3v) is 15.6. The minimum atomic E-state index is 0.845. The summed E-state index contributed by atoms with van der Waals surface area (Å²) in [5.74, 6) is 0. The molecule has 15 rings (SSSR count). The number of benzene rings is 14. The van der Waals surface area contributed by atoms with E-state index >= 15 is 0 Å². The molecule has 0 unspecified atom stereocenters. The zero-order chi connectivity index (χ0) is 50.1. The Kier molecular flexibility index (Phi) is 10.2. The molecule has 0 radical (unpaired) electrons. The van der Waals surface area contributed by atoms with Crippen LogP contribution in [0.2, 0.25) is 0 Å². The van der Waals surface area contributed by atoms with E-state index in [4.69, 9.17) is 4.42 Å². The molecule has 354 valence electrons. The van der Waals surface area contributed by atoms with Crippen LogP contribution in [-0.2, 0) is 0 Å². The third kappa shape index (κ3) is 7.34. The number of hydrogen-bond acceptors (Lipinski definition) is 2. The fraction of sp³-hybridized carbons (Fsp3) is 0. The predicted octanol–water partition coefficient (Wildman–Crippen LogP) is 21.2. The summed E-state index contributed by atoms with van der Waals surface area (Å²) in [5.41, 5.74) is 16.5. The fourth-order valence-corrected chi connectivity index (χ4v) is 11.9. The summed E-state index contributed by atoms with van der Waals surface area (Å²) in [6.07, 6.45) is 0. The van der Waals surface area contributed by atoms with Crippen molar-refractivity contribution < 1.29 is 4.42 Å². The van der Waals surface area contributed by atoms with E-state index in [9.17, 15) is 0 Å². The van der Waals surface area contributed by atoms with Crippen LogP contribution in [0.3, 0.4) is 0 Å². The van der Waals surface area contributed by atoms with Gasteiger partial charge in [-0.15, -0.1) is 0 Å².